The SMILES string of the molecule is CC(C)(C)OC(=O)N(C1CCN(CCC(=O)O)CC1)[C@@H]1C[C@H]1c1ccccc1. The lowest BCUT2D eigenvalue weighted by Crippen LogP contribution is -2.50. The first kappa shape index (κ1) is 20.6. The number of nitrogens with zero attached hydrogens (tertiary/aromatic N) is 2. The van der Waals surface area contributed by atoms with E-state index in [9.17, 15) is 9.59 Å². The predicted octanol–water partition coefficient (Wildman–Crippen LogP) is 3.72. The Hall–Kier alpha value is -2.08. The zero-order chi connectivity index (χ0) is 20.3. The first-order valence-electron chi connectivity index (χ1n) is 10.2. The number of likely N-dealkylation sites (tertiary alicyclic amines) is 1. The minimum Gasteiger partial charge on any atom is -0.481 e. The highest BCUT2D eigenvalue weighted by Crippen LogP contribution is 2.46. The van der Waals surface area contributed by atoms with Gasteiger partial charge in [-0.2, -0.15) is 0 Å². The Bertz CT molecular complexity index is 678. The third-order valence-electron chi connectivity index (χ3n) is 5.54. The number of benzene rings is 1. The van der Waals surface area contributed by atoms with Crippen molar-refractivity contribution in [2.24, 2.45) is 0 Å². The van der Waals surface area contributed by atoms with Crippen LogP contribution < -0.4 is 0 Å². The molecule has 154 valence electrons. The highest BCUT2D eigenvalue weighted by Gasteiger charge is 2.48. The Balaban J connectivity index is 1.66. The van der Waals surface area contributed by atoms with Crippen molar-refractivity contribution in [3.05, 3.63) is 35.9 Å². The zero-order valence-corrected chi connectivity index (χ0v) is 17.1. The molecule has 1 amide bonds. The normalized spacial score (nSPS) is 23.2. The average molecular weight is 389 g/mol. The molecule has 0 spiro atoms. The summed E-state index contributed by atoms with van der Waals surface area (Å²) in [6, 6.07) is 10.7. The van der Waals surface area contributed by atoms with Crippen LogP contribution in [0.5, 0.6) is 0 Å². The Morgan fingerprint density at radius 3 is 2.39 bits per heavy atom. The van der Waals surface area contributed by atoms with Gasteiger partial charge in [0, 0.05) is 37.6 Å². The molecule has 1 heterocycles. The zero-order valence-electron chi connectivity index (χ0n) is 17.1. The molecular formula is C22H32N2O4. The Morgan fingerprint density at radius 1 is 1.18 bits per heavy atom. The van der Waals surface area contributed by atoms with Crippen LogP contribution in [0.4, 0.5) is 4.79 Å². The van der Waals surface area contributed by atoms with Gasteiger partial charge in [0.15, 0.2) is 0 Å². The molecule has 1 aliphatic carbocycles. The second-order valence-corrected chi connectivity index (χ2v) is 8.92. The van der Waals surface area contributed by atoms with Crippen LogP contribution in [0.1, 0.15) is 57.9 Å². The van der Waals surface area contributed by atoms with E-state index >= 15 is 0 Å². The van der Waals surface area contributed by atoms with Gasteiger partial charge in [0.25, 0.3) is 0 Å². The first-order chi connectivity index (χ1) is 13.2. The van der Waals surface area contributed by atoms with Crippen LogP contribution in [-0.4, -0.2) is 64.3 Å². The van der Waals surface area contributed by atoms with Crippen molar-refractivity contribution < 1.29 is 19.4 Å². The van der Waals surface area contributed by atoms with E-state index in [1.54, 1.807) is 0 Å². The van der Waals surface area contributed by atoms with Crippen molar-refractivity contribution in [3.63, 3.8) is 0 Å². The maximum absolute atomic E-state index is 13.0. The van der Waals surface area contributed by atoms with Crippen LogP contribution >= 0.6 is 0 Å². The summed E-state index contributed by atoms with van der Waals surface area (Å²) in [6.45, 7) is 7.92. The number of carbonyl (C=O) groups excluding carboxylic acids is 1. The molecule has 3 rings (SSSR count). The number of carboxylic acids is 1. The van der Waals surface area contributed by atoms with Gasteiger partial charge in [0.1, 0.15) is 5.60 Å². The van der Waals surface area contributed by atoms with Gasteiger partial charge in [0.05, 0.1) is 6.42 Å². The fraction of sp³-hybridized carbons (Fsp3) is 0.636. The van der Waals surface area contributed by atoms with Crippen LogP contribution in [0.15, 0.2) is 30.3 Å². The maximum Gasteiger partial charge on any atom is 0.410 e. The van der Waals surface area contributed by atoms with Crippen molar-refractivity contribution in [1.29, 1.82) is 0 Å². The number of piperidine rings is 1. The lowest BCUT2D eigenvalue weighted by atomic mass is 10.0. The third-order valence-corrected chi connectivity index (χ3v) is 5.54. The summed E-state index contributed by atoms with van der Waals surface area (Å²) in [5.41, 5.74) is 0.759. The van der Waals surface area contributed by atoms with E-state index in [1.807, 2.05) is 43.9 Å². The molecule has 2 fully saturated rings. The summed E-state index contributed by atoms with van der Waals surface area (Å²) in [7, 11) is 0. The van der Waals surface area contributed by atoms with Gasteiger partial charge >= 0.3 is 12.1 Å². The molecular weight excluding hydrogens is 356 g/mol. The standard InChI is InChI=1S/C22H32N2O4/c1-22(2,3)28-21(27)24(19-15-18(19)16-7-5-4-6-8-16)17-9-12-23(13-10-17)14-11-20(25)26/h4-8,17-19H,9-15H2,1-3H3,(H,25,26)/t18-,19+/m0/s1. The first-order valence-corrected chi connectivity index (χ1v) is 10.2. The number of rotatable bonds is 6. The Kier molecular flexibility index (Phi) is 6.28. The summed E-state index contributed by atoms with van der Waals surface area (Å²) in [5, 5.41) is 8.89. The fourth-order valence-corrected chi connectivity index (χ4v) is 4.09. The van der Waals surface area contributed by atoms with Crippen LogP contribution in [0.2, 0.25) is 0 Å². The van der Waals surface area contributed by atoms with Crippen LogP contribution in [-0.2, 0) is 9.53 Å². The number of hydrogen-bond donors (Lipinski definition) is 1. The smallest absolute Gasteiger partial charge is 0.410 e. The molecule has 28 heavy (non-hydrogen) atoms. The lowest BCUT2D eigenvalue weighted by molar-refractivity contribution is -0.137. The number of carbonyl (C=O) groups is 2. The molecule has 2 aliphatic rings. The van der Waals surface area contributed by atoms with Crippen molar-refractivity contribution >= 4 is 12.1 Å². The topological polar surface area (TPSA) is 70.1 Å². The predicted molar refractivity (Wildman–Crippen MR) is 107 cm³/mol. The Morgan fingerprint density at radius 2 is 1.82 bits per heavy atom. The summed E-state index contributed by atoms with van der Waals surface area (Å²) < 4.78 is 5.74. The molecule has 1 aliphatic heterocycles. The van der Waals surface area contributed by atoms with E-state index in [0.717, 1.165) is 32.4 Å². The third kappa shape index (κ3) is 5.47. The van der Waals surface area contributed by atoms with Gasteiger partial charge in [-0.1, -0.05) is 30.3 Å². The highest BCUT2D eigenvalue weighted by molar-refractivity contribution is 5.70. The number of ether oxygens (including phenoxy) is 1. The monoisotopic (exact) mass is 388 g/mol. The van der Waals surface area contributed by atoms with Gasteiger partial charge < -0.3 is 19.6 Å². The van der Waals surface area contributed by atoms with Crippen LogP contribution in [0.3, 0.4) is 0 Å². The molecule has 1 N–H and O–H groups in total. The minimum absolute atomic E-state index is 0.148. The number of aliphatic carboxylic acids is 1. The molecule has 0 aromatic heterocycles. The van der Waals surface area contributed by atoms with Gasteiger partial charge in [0.2, 0.25) is 0 Å². The molecule has 0 radical (unpaired) electrons. The molecule has 1 aromatic rings. The summed E-state index contributed by atoms with van der Waals surface area (Å²) in [6.07, 6.45) is 2.63. The summed E-state index contributed by atoms with van der Waals surface area (Å²) >= 11 is 0. The van der Waals surface area contributed by atoms with Crippen LogP contribution in [0.25, 0.3) is 0 Å². The van der Waals surface area contributed by atoms with Crippen molar-refractivity contribution in [2.75, 3.05) is 19.6 Å². The highest BCUT2D eigenvalue weighted by atomic mass is 16.6. The van der Waals surface area contributed by atoms with E-state index < -0.39 is 11.6 Å². The fourth-order valence-electron chi connectivity index (χ4n) is 4.09. The van der Waals surface area contributed by atoms with Gasteiger partial charge in [-0.15, -0.1) is 0 Å². The molecule has 2 atom stereocenters. The minimum atomic E-state index is -0.763. The van der Waals surface area contributed by atoms with Gasteiger partial charge in [-0.3, -0.25) is 4.79 Å². The maximum atomic E-state index is 13.0. The van der Waals surface area contributed by atoms with E-state index in [4.69, 9.17) is 9.84 Å². The molecule has 6 heteroatoms. The number of hydrogen-bond acceptors (Lipinski definition) is 4. The molecule has 1 aromatic carbocycles. The van der Waals surface area contributed by atoms with Crippen molar-refractivity contribution in [2.45, 2.75) is 70.1 Å². The van der Waals surface area contributed by atoms with Crippen LogP contribution in [0, 0.1) is 0 Å². The van der Waals surface area contributed by atoms with E-state index in [-0.39, 0.29) is 24.6 Å². The Labute approximate surface area is 167 Å². The lowest BCUT2D eigenvalue weighted by Gasteiger charge is -2.39. The number of amides is 1. The molecule has 1 saturated carbocycles. The van der Waals surface area contributed by atoms with Gasteiger partial charge in [-0.05, 0) is 45.6 Å². The average Bonchev–Trinajstić information content (AvgIpc) is 3.41. The number of carboxylic acid groups (broad SMARTS) is 1. The largest absolute Gasteiger partial charge is 0.481 e. The van der Waals surface area contributed by atoms with Gasteiger partial charge in [-0.25, -0.2) is 4.79 Å². The van der Waals surface area contributed by atoms with E-state index in [0.29, 0.717) is 12.5 Å². The second kappa shape index (κ2) is 8.52. The molecule has 0 bridgehead atoms. The molecule has 0 unspecified atom stereocenters. The molecule has 1 saturated heterocycles. The van der Waals surface area contributed by atoms with E-state index in [2.05, 4.69) is 17.0 Å². The van der Waals surface area contributed by atoms with Crippen molar-refractivity contribution in [1.82, 2.24) is 9.80 Å². The quantitative estimate of drug-likeness (QED) is 0.804. The van der Waals surface area contributed by atoms with E-state index in [1.165, 1.54) is 5.56 Å². The second-order valence-electron chi connectivity index (χ2n) is 8.92. The summed E-state index contributed by atoms with van der Waals surface area (Å²) in [4.78, 5) is 28.0. The van der Waals surface area contributed by atoms with Crippen molar-refractivity contribution in [3.8, 4) is 0 Å². The summed E-state index contributed by atoms with van der Waals surface area (Å²) in [5.74, 6) is -0.389. The molecule has 6 nitrogen and oxygen atoms in total.